The fraction of sp³-hybridized carbons (Fsp3) is 0.107. The van der Waals surface area contributed by atoms with E-state index < -0.39 is 16.7 Å². The van der Waals surface area contributed by atoms with Crippen LogP contribution < -0.4 is 11.2 Å². The molecule has 11 heteroatoms. The Kier molecular flexibility index (Phi) is 7.31. The maximum atomic E-state index is 12.3. The number of nitrogens with one attached hydrogen (secondary N) is 1. The minimum absolute atomic E-state index is 0.293. The summed E-state index contributed by atoms with van der Waals surface area (Å²) in [5.41, 5.74) is 1.58. The Balaban J connectivity index is 1.68. The zero-order valence-electron chi connectivity index (χ0n) is 20.5. The molecule has 39 heavy (non-hydrogen) atoms. The molecule has 0 aliphatic heterocycles. The smallest absolute Gasteiger partial charge is 0.298 e. The Hall–Kier alpha value is -3.56. The molecule has 0 aliphatic rings. The number of aromatic amines is 1. The zero-order chi connectivity index (χ0) is 27.9. The molecule has 0 saturated carbocycles. The van der Waals surface area contributed by atoms with Crippen LogP contribution in [0.2, 0.25) is 15.1 Å². The summed E-state index contributed by atoms with van der Waals surface area (Å²) >= 11 is 21.6. The van der Waals surface area contributed by atoms with Gasteiger partial charge in [0.1, 0.15) is 17.5 Å². The van der Waals surface area contributed by atoms with Crippen LogP contribution in [0.3, 0.4) is 0 Å². The molecule has 7 nitrogen and oxygen atoms in total. The lowest BCUT2D eigenvalue weighted by atomic mass is 9.85. The molecule has 0 unspecified atom stereocenters. The number of thiazole rings is 1. The van der Waals surface area contributed by atoms with Crippen LogP contribution in [0.4, 0.5) is 0 Å². The fourth-order valence-electron chi connectivity index (χ4n) is 4.30. The highest BCUT2D eigenvalue weighted by atomic mass is 35.5. The van der Waals surface area contributed by atoms with Crippen molar-refractivity contribution in [2.24, 2.45) is 0 Å². The van der Waals surface area contributed by atoms with Gasteiger partial charge in [-0.15, -0.1) is 11.3 Å². The molecular formula is C28H19Cl3N4O3S. The Morgan fingerprint density at radius 1 is 0.949 bits per heavy atom. The molecule has 0 amide bonds. The van der Waals surface area contributed by atoms with Gasteiger partial charge in [0, 0.05) is 32.2 Å². The van der Waals surface area contributed by atoms with Crippen LogP contribution in [-0.2, 0) is 5.41 Å². The van der Waals surface area contributed by atoms with Crippen LogP contribution in [-0.4, -0.2) is 26.0 Å². The summed E-state index contributed by atoms with van der Waals surface area (Å²) in [4.78, 5) is 43.2. The normalized spacial score (nSPS) is 11.5. The van der Waals surface area contributed by atoms with E-state index in [1.807, 2.05) is 44.2 Å². The average molecular weight is 598 g/mol. The molecule has 196 valence electrons. The van der Waals surface area contributed by atoms with E-state index in [1.165, 1.54) is 11.3 Å². The summed E-state index contributed by atoms with van der Waals surface area (Å²) in [6.45, 7) is 3.90. The van der Waals surface area contributed by atoms with Crippen LogP contribution in [0.25, 0.3) is 27.4 Å². The van der Waals surface area contributed by atoms with E-state index in [0.717, 1.165) is 33.2 Å². The molecule has 0 spiro atoms. The van der Waals surface area contributed by atoms with Crippen LogP contribution in [0, 0.1) is 0 Å². The predicted molar refractivity (Wildman–Crippen MR) is 156 cm³/mol. The van der Waals surface area contributed by atoms with Gasteiger partial charge in [0.25, 0.3) is 5.56 Å². The summed E-state index contributed by atoms with van der Waals surface area (Å²) in [7, 11) is 0. The van der Waals surface area contributed by atoms with Crippen LogP contribution in [0.1, 0.15) is 34.8 Å². The topological polar surface area (TPSA) is 97.7 Å². The van der Waals surface area contributed by atoms with Crippen molar-refractivity contribution in [2.45, 2.75) is 19.3 Å². The van der Waals surface area contributed by atoms with Gasteiger partial charge in [0.15, 0.2) is 0 Å². The first-order chi connectivity index (χ1) is 18.6. The molecule has 5 aromatic rings. The number of aromatic nitrogens is 4. The van der Waals surface area contributed by atoms with E-state index >= 15 is 0 Å². The molecule has 1 N–H and O–H groups in total. The number of rotatable bonds is 6. The number of hydrogen-bond acceptors (Lipinski definition) is 6. The first-order valence-corrected chi connectivity index (χ1v) is 13.6. The van der Waals surface area contributed by atoms with Gasteiger partial charge in [0.05, 0.1) is 21.3 Å². The van der Waals surface area contributed by atoms with Crippen molar-refractivity contribution >= 4 is 52.4 Å². The van der Waals surface area contributed by atoms with E-state index in [2.05, 4.69) is 10.1 Å². The van der Waals surface area contributed by atoms with Crippen molar-refractivity contribution in [3.8, 4) is 27.4 Å². The van der Waals surface area contributed by atoms with E-state index in [9.17, 15) is 14.4 Å². The fourth-order valence-corrected chi connectivity index (χ4v) is 6.65. The van der Waals surface area contributed by atoms with Crippen LogP contribution in [0.5, 0.6) is 0 Å². The third-order valence-electron chi connectivity index (χ3n) is 6.19. The van der Waals surface area contributed by atoms with E-state index in [4.69, 9.17) is 39.8 Å². The van der Waals surface area contributed by atoms with Gasteiger partial charge in [-0.1, -0.05) is 71.2 Å². The van der Waals surface area contributed by atoms with Gasteiger partial charge in [-0.05, 0) is 43.7 Å². The molecule has 2 heterocycles. The van der Waals surface area contributed by atoms with Gasteiger partial charge in [-0.2, -0.15) is 9.78 Å². The van der Waals surface area contributed by atoms with Gasteiger partial charge in [0.2, 0.25) is 0 Å². The SMILES string of the molecule is CC(C)(c1nc(-c2ccccc2Cl)c(-c2cccc(C=O)c2)s1)c1c(Cl)cc(-n2ncc(=O)[nH]c2=O)cc1Cl. The largest absolute Gasteiger partial charge is 0.349 e. The number of carbonyl (C=O) groups excluding carboxylic acids is 1. The van der Waals surface area contributed by atoms with E-state index in [-0.39, 0.29) is 0 Å². The third kappa shape index (κ3) is 5.08. The standard InChI is InChI=1S/C28H19Cl3N4O3S/c1-28(2,23-20(30)11-17(12-21(23)31)35-27(38)33-22(37)13-32-35)26-34-24(18-8-3-4-9-19(18)29)25(39-26)16-7-5-6-15(10-16)14-36/h3-14H,1-2H3,(H,33,37,38). The maximum Gasteiger partial charge on any atom is 0.349 e. The van der Waals surface area contributed by atoms with Crippen molar-refractivity contribution in [2.75, 3.05) is 0 Å². The van der Waals surface area contributed by atoms with Crippen molar-refractivity contribution in [3.63, 3.8) is 0 Å². The van der Waals surface area contributed by atoms with E-state index in [1.54, 1.807) is 30.3 Å². The highest BCUT2D eigenvalue weighted by molar-refractivity contribution is 7.16. The van der Waals surface area contributed by atoms with Crippen molar-refractivity contribution < 1.29 is 4.79 Å². The van der Waals surface area contributed by atoms with Gasteiger partial charge in [-0.25, -0.2) is 9.78 Å². The molecule has 5 rings (SSSR count). The Morgan fingerprint density at radius 2 is 1.67 bits per heavy atom. The number of carbonyl (C=O) groups is 1. The second-order valence-electron chi connectivity index (χ2n) is 9.18. The van der Waals surface area contributed by atoms with Gasteiger partial charge < -0.3 is 0 Å². The Morgan fingerprint density at radius 3 is 2.33 bits per heavy atom. The van der Waals surface area contributed by atoms with Crippen molar-refractivity contribution in [1.82, 2.24) is 19.7 Å². The van der Waals surface area contributed by atoms with E-state index in [0.29, 0.717) is 42.6 Å². The highest BCUT2D eigenvalue weighted by Crippen LogP contribution is 2.47. The van der Waals surface area contributed by atoms with Crippen molar-refractivity contribution in [3.05, 3.63) is 119 Å². The van der Waals surface area contributed by atoms with Gasteiger partial charge >= 0.3 is 5.69 Å². The first-order valence-electron chi connectivity index (χ1n) is 11.6. The summed E-state index contributed by atoms with van der Waals surface area (Å²) in [6, 6.07) is 17.8. The lowest BCUT2D eigenvalue weighted by molar-refractivity contribution is 0.112. The Bertz CT molecular complexity index is 1840. The van der Waals surface area contributed by atoms with Crippen LogP contribution in [0.15, 0.2) is 76.4 Å². The molecule has 0 bridgehead atoms. The lowest BCUT2D eigenvalue weighted by Gasteiger charge is -2.26. The second kappa shape index (κ2) is 10.5. The zero-order valence-corrected chi connectivity index (χ0v) is 23.6. The third-order valence-corrected chi connectivity index (χ3v) is 8.54. The quantitative estimate of drug-likeness (QED) is 0.217. The number of H-pyrrole nitrogens is 1. The molecular weight excluding hydrogens is 579 g/mol. The van der Waals surface area contributed by atoms with Crippen LogP contribution >= 0.6 is 46.1 Å². The summed E-state index contributed by atoms with van der Waals surface area (Å²) in [5, 5.41) is 5.72. The number of halogens is 3. The molecule has 0 radical (unpaired) electrons. The number of nitrogens with zero attached hydrogens (tertiary/aromatic N) is 3. The average Bonchev–Trinajstić information content (AvgIpc) is 3.35. The summed E-state index contributed by atoms with van der Waals surface area (Å²) < 4.78 is 1.01. The molecule has 0 saturated heterocycles. The Labute approximate surface area is 241 Å². The predicted octanol–water partition coefficient (Wildman–Crippen LogP) is 6.81. The molecule has 3 aromatic carbocycles. The molecule has 2 aromatic heterocycles. The maximum absolute atomic E-state index is 12.3. The number of hydrogen-bond donors (Lipinski definition) is 1. The second-order valence-corrected chi connectivity index (χ2v) is 11.4. The van der Waals surface area contributed by atoms with Gasteiger partial charge in [-0.3, -0.25) is 14.6 Å². The monoisotopic (exact) mass is 596 g/mol. The van der Waals surface area contributed by atoms with Crippen molar-refractivity contribution in [1.29, 1.82) is 0 Å². The molecule has 0 atom stereocenters. The molecule has 0 aliphatic carbocycles. The minimum atomic E-state index is -0.780. The first kappa shape index (κ1) is 27.0. The number of benzene rings is 3. The molecule has 0 fully saturated rings. The minimum Gasteiger partial charge on any atom is -0.298 e. The summed E-state index contributed by atoms with van der Waals surface area (Å²) in [5.74, 6) is 0. The lowest BCUT2D eigenvalue weighted by Crippen LogP contribution is -2.30. The number of aldehydes is 1. The highest BCUT2D eigenvalue weighted by Gasteiger charge is 2.34. The summed E-state index contributed by atoms with van der Waals surface area (Å²) in [6.07, 6.45) is 1.79.